The van der Waals surface area contributed by atoms with E-state index in [4.69, 9.17) is 20.6 Å². The van der Waals surface area contributed by atoms with Crippen LogP contribution in [0.3, 0.4) is 0 Å². The van der Waals surface area contributed by atoms with Gasteiger partial charge in [0.05, 0.1) is 25.5 Å². The number of anilines is 1. The molecule has 0 aliphatic carbocycles. The van der Waals surface area contributed by atoms with Gasteiger partial charge in [-0.2, -0.15) is 0 Å². The van der Waals surface area contributed by atoms with Crippen molar-refractivity contribution in [3.8, 4) is 0 Å². The second-order valence-corrected chi connectivity index (χ2v) is 10.1. The average Bonchev–Trinajstić information content (AvgIpc) is 3.59. The molecule has 3 aromatic rings. The molecule has 0 saturated carbocycles. The number of nitrogens with zero attached hydrogens (tertiary/aromatic N) is 4. The predicted molar refractivity (Wildman–Crippen MR) is 147 cm³/mol. The summed E-state index contributed by atoms with van der Waals surface area (Å²) in [5, 5.41) is 5.62. The highest BCUT2D eigenvalue weighted by atomic mass is 16.7. The van der Waals surface area contributed by atoms with Crippen molar-refractivity contribution in [2.75, 3.05) is 44.8 Å². The largest absolute Gasteiger partial charge is 0.370 e. The van der Waals surface area contributed by atoms with Gasteiger partial charge in [-0.25, -0.2) is 4.85 Å². The van der Waals surface area contributed by atoms with Gasteiger partial charge in [0.1, 0.15) is 0 Å². The van der Waals surface area contributed by atoms with Gasteiger partial charge < -0.3 is 18.9 Å². The molecule has 37 heavy (non-hydrogen) atoms. The van der Waals surface area contributed by atoms with Crippen LogP contribution in [0.5, 0.6) is 0 Å². The smallest absolute Gasteiger partial charge is 0.187 e. The van der Waals surface area contributed by atoms with Crippen molar-refractivity contribution in [1.29, 1.82) is 0 Å². The van der Waals surface area contributed by atoms with Crippen LogP contribution in [0.1, 0.15) is 43.0 Å². The Balaban J connectivity index is 1.23. The van der Waals surface area contributed by atoms with E-state index in [1.807, 2.05) is 37.3 Å². The molecule has 0 atom stereocenters. The maximum Gasteiger partial charge on any atom is 0.187 e. The Hall–Kier alpha value is -3.18. The van der Waals surface area contributed by atoms with Gasteiger partial charge in [0, 0.05) is 36.8 Å². The van der Waals surface area contributed by atoms with Crippen LogP contribution >= 0.6 is 0 Å². The summed E-state index contributed by atoms with van der Waals surface area (Å²) >= 11 is 0. The fourth-order valence-corrected chi connectivity index (χ4v) is 5.46. The molecule has 7 heteroatoms. The first kappa shape index (κ1) is 25.5. The number of hydrogen-bond donors (Lipinski definition) is 0. The number of likely N-dealkylation sites (tertiary alicyclic amines) is 1. The molecule has 0 bridgehead atoms. The molecule has 2 aliphatic heterocycles. The van der Waals surface area contributed by atoms with Gasteiger partial charge in [-0.1, -0.05) is 41.6 Å². The Bertz CT molecular complexity index is 1250. The fraction of sp³-hybridized carbons (Fsp3) is 0.467. The van der Waals surface area contributed by atoms with Crippen LogP contribution in [0.25, 0.3) is 21.9 Å². The number of aromatic nitrogens is 1. The summed E-state index contributed by atoms with van der Waals surface area (Å²) in [4.78, 5) is 8.18. The van der Waals surface area contributed by atoms with Crippen LogP contribution in [0, 0.1) is 12.5 Å². The summed E-state index contributed by atoms with van der Waals surface area (Å²) in [5.41, 5.74) is 5.89. The third kappa shape index (κ3) is 6.04. The van der Waals surface area contributed by atoms with E-state index in [1.165, 1.54) is 12.8 Å². The molecule has 1 aromatic heterocycles. The lowest BCUT2D eigenvalue weighted by molar-refractivity contribution is -0.0661. The van der Waals surface area contributed by atoms with Gasteiger partial charge in [0.15, 0.2) is 17.6 Å². The molecular formula is C30H36N4O3. The van der Waals surface area contributed by atoms with Gasteiger partial charge in [-0.3, -0.25) is 4.90 Å². The Labute approximate surface area is 219 Å². The number of rotatable bonds is 9. The molecule has 194 valence electrons. The quantitative estimate of drug-likeness (QED) is 0.333. The van der Waals surface area contributed by atoms with Gasteiger partial charge in [-0.05, 0) is 69.3 Å². The van der Waals surface area contributed by atoms with Crippen LogP contribution in [0.4, 0.5) is 11.4 Å². The molecule has 2 saturated heterocycles. The second-order valence-electron chi connectivity index (χ2n) is 10.1. The summed E-state index contributed by atoms with van der Waals surface area (Å²) < 4.78 is 17.2. The number of allylic oxidation sites excluding steroid dienone is 1. The van der Waals surface area contributed by atoms with Gasteiger partial charge in [0.2, 0.25) is 0 Å². The first-order chi connectivity index (χ1) is 18.1. The number of piperidine rings is 1. The number of ether oxygens (including phenoxy) is 2. The molecule has 0 spiro atoms. The molecule has 7 nitrogen and oxygen atoms in total. The molecule has 0 radical (unpaired) electrons. The van der Waals surface area contributed by atoms with Crippen molar-refractivity contribution in [2.24, 2.45) is 5.92 Å². The highest BCUT2D eigenvalue weighted by Crippen LogP contribution is 2.34. The van der Waals surface area contributed by atoms with Crippen LogP contribution in [0.2, 0.25) is 0 Å². The van der Waals surface area contributed by atoms with E-state index >= 15 is 0 Å². The first-order valence-electron chi connectivity index (χ1n) is 13.3. The van der Waals surface area contributed by atoms with Crippen molar-refractivity contribution < 1.29 is 14.0 Å². The minimum atomic E-state index is -0.0430. The van der Waals surface area contributed by atoms with Crippen LogP contribution in [-0.4, -0.2) is 56.2 Å². The monoisotopic (exact) mass is 500 g/mol. The lowest BCUT2D eigenvalue weighted by atomic mass is 9.91. The number of benzene rings is 2. The summed E-state index contributed by atoms with van der Waals surface area (Å²) in [6.45, 7) is 14.5. The van der Waals surface area contributed by atoms with Crippen molar-refractivity contribution in [3.05, 3.63) is 70.7 Å². The topological polar surface area (TPSA) is 55.3 Å². The number of hydrogen-bond acceptors (Lipinski definition) is 6. The SMILES string of the molecule is [C-]#[N+]c1ccc(CN(C)c2ccc3c(CCC4CCN(CC5OCCO5)CC4)noc3c2/C=C/C)cc1. The molecule has 0 amide bonds. The molecule has 2 fully saturated rings. The second kappa shape index (κ2) is 11.9. The van der Waals surface area contributed by atoms with E-state index in [1.54, 1.807) is 0 Å². The Kier molecular flexibility index (Phi) is 8.20. The van der Waals surface area contributed by atoms with E-state index in [9.17, 15) is 0 Å². The molecule has 2 aromatic carbocycles. The molecule has 0 N–H and O–H groups in total. The highest BCUT2D eigenvalue weighted by molar-refractivity contribution is 5.93. The maximum atomic E-state index is 7.16. The summed E-state index contributed by atoms with van der Waals surface area (Å²) in [5.74, 6) is 0.711. The highest BCUT2D eigenvalue weighted by Gasteiger charge is 2.25. The zero-order valence-corrected chi connectivity index (χ0v) is 21.9. The van der Waals surface area contributed by atoms with Crippen molar-refractivity contribution in [2.45, 2.75) is 45.4 Å². The minimum Gasteiger partial charge on any atom is -0.370 e. The first-order valence-corrected chi connectivity index (χ1v) is 13.3. The molecule has 2 aliphatic rings. The third-order valence-corrected chi connectivity index (χ3v) is 7.56. The van der Waals surface area contributed by atoms with Crippen LogP contribution < -0.4 is 4.90 Å². The predicted octanol–water partition coefficient (Wildman–Crippen LogP) is 6.07. The lowest BCUT2D eigenvalue weighted by Gasteiger charge is -2.32. The molecule has 5 rings (SSSR count). The maximum absolute atomic E-state index is 7.16. The molecular weight excluding hydrogens is 464 g/mol. The Morgan fingerprint density at radius 3 is 2.57 bits per heavy atom. The molecule has 3 heterocycles. The summed E-state index contributed by atoms with van der Waals surface area (Å²) in [7, 11) is 2.09. The van der Waals surface area contributed by atoms with Gasteiger partial charge >= 0.3 is 0 Å². The summed E-state index contributed by atoms with van der Waals surface area (Å²) in [6.07, 6.45) is 8.60. The zero-order valence-electron chi connectivity index (χ0n) is 21.9. The standard InChI is InChI=1S/C30H36N4O3/c1-4-5-26-28(33(3)20-23-6-9-24(31-2)10-7-23)13-11-25-27(32-37-30(25)26)12-8-22-14-16-34(17-15-22)21-29-35-18-19-36-29/h4-7,9-11,13,22,29H,8,12,14-21H2,1,3H3/b5-4+. The van der Waals surface area contributed by atoms with E-state index in [-0.39, 0.29) is 6.29 Å². The van der Waals surface area contributed by atoms with Crippen molar-refractivity contribution >= 4 is 28.4 Å². The average molecular weight is 501 g/mol. The molecule has 0 unspecified atom stereocenters. The number of aryl methyl sites for hydroxylation is 1. The Morgan fingerprint density at radius 1 is 1.11 bits per heavy atom. The van der Waals surface area contributed by atoms with E-state index < -0.39 is 0 Å². The minimum absolute atomic E-state index is 0.0430. The normalized spacial score (nSPS) is 17.6. The van der Waals surface area contributed by atoms with Crippen molar-refractivity contribution in [3.63, 3.8) is 0 Å². The van der Waals surface area contributed by atoms with Crippen molar-refractivity contribution in [1.82, 2.24) is 10.1 Å². The van der Waals surface area contributed by atoms with E-state index in [0.29, 0.717) is 11.6 Å². The van der Waals surface area contributed by atoms with Gasteiger partial charge in [0.25, 0.3) is 0 Å². The number of fused-ring (bicyclic) bond motifs is 1. The fourth-order valence-electron chi connectivity index (χ4n) is 5.46. The third-order valence-electron chi connectivity index (χ3n) is 7.56. The van der Waals surface area contributed by atoms with E-state index in [2.05, 4.69) is 45.1 Å². The zero-order chi connectivity index (χ0) is 25.6. The van der Waals surface area contributed by atoms with Crippen LogP contribution in [-0.2, 0) is 22.4 Å². The summed E-state index contributed by atoms with van der Waals surface area (Å²) in [6, 6.07) is 12.1. The van der Waals surface area contributed by atoms with E-state index in [0.717, 1.165) is 85.7 Å². The van der Waals surface area contributed by atoms with Gasteiger partial charge in [-0.15, -0.1) is 0 Å². The Morgan fingerprint density at radius 2 is 1.86 bits per heavy atom. The van der Waals surface area contributed by atoms with Crippen LogP contribution in [0.15, 0.2) is 47.0 Å². The lowest BCUT2D eigenvalue weighted by Crippen LogP contribution is -2.39.